The highest BCUT2D eigenvalue weighted by Crippen LogP contribution is 2.28. The summed E-state index contributed by atoms with van der Waals surface area (Å²) in [6.07, 6.45) is 1.96. The van der Waals surface area contributed by atoms with Crippen LogP contribution in [0.25, 0.3) is 0 Å². The van der Waals surface area contributed by atoms with Crippen molar-refractivity contribution < 1.29 is 14.4 Å². The molecule has 0 bridgehead atoms. The number of hydrogen-bond acceptors (Lipinski definition) is 6. The zero-order valence-corrected chi connectivity index (χ0v) is 16.4. The highest BCUT2D eigenvalue weighted by Gasteiger charge is 2.35. The monoisotopic (exact) mass is 386 g/mol. The molecule has 7 nitrogen and oxygen atoms in total. The summed E-state index contributed by atoms with van der Waals surface area (Å²) in [6, 6.07) is 5.16. The number of aromatic nitrogens is 2. The van der Waals surface area contributed by atoms with Crippen LogP contribution in [-0.2, 0) is 4.79 Å². The van der Waals surface area contributed by atoms with E-state index in [0.717, 1.165) is 28.3 Å². The van der Waals surface area contributed by atoms with Gasteiger partial charge in [-0.25, -0.2) is 0 Å². The van der Waals surface area contributed by atoms with Gasteiger partial charge in [-0.05, 0) is 31.9 Å². The standard InChI is InChI=1S/C19H22N4O3S/c1-4-12(5-2)16-21-22-19(27-16)20-15(24)8-9-23-17(25)13-7-6-11(3)10-14(13)18(23)26/h6-7,10,12H,4-5,8-9H2,1-3H3,(H,20,22,24). The highest BCUT2D eigenvalue weighted by molar-refractivity contribution is 7.15. The van der Waals surface area contributed by atoms with Gasteiger partial charge in [-0.3, -0.25) is 19.3 Å². The van der Waals surface area contributed by atoms with Gasteiger partial charge in [0, 0.05) is 18.9 Å². The average molecular weight is 386 g/mol. The number of fused-ring (bicyclic) bond motifs is 1. The third-order valence-electron chi connectivity index (χ3n) is 4.71. The molecule has 142 valence electrons. The fraction of sp³-hybridized carbons (Fsp3) is 0.421. The lowest BCUT2D eigenvalue weighted by atomic mass is 10.1. The molecule has 0 fully saturated rings. The van der Waals surface area contributed by atoms with E-state index in [0.29, 0.717) is 22.2 Å². The van der Waals surface area contributed by atoms with Gasteiger partial charge >= 0.3 is 0 Å². The molecular formula is C19H22N4O3S. The van der Waals surface area contributed by atoms with Crippen molar-refractivity contribution in [3.8, 4) is 0 Å². The molecule has 1 aliphatic heterocycles. The fourth-order valence-electron chi connectivity index (χ4n) is 3.09. The first-order chi connectivity index (χ1) is 12.9. The van der Waals surface area contributed by atoms with E-state index in [9.17, 15) is 14.4 Å². The minimum atomic E-state index is -0.352. The summed E-state index contributed by atoms with van der Waals surface area (Å²) in [5, 5.41) is 12.2. The van der Waals surface area contributed by atoms with Crippen LogP contribution in [0.1, 0.15) is 70.3 Å². The van der Waals surface area contributed by atoms with Gasteiger partial charge < -0.3 is 5.32 Å². The fourth-order valence-corrected chi connectivity index (χ4v) is 4.12. The minimum Gasteiger partial charge on any atom is -0.300 e. The Morgan fingerprint density at radius 1 is 1.15 bits per heavy atom. The number of anilines is 1. The molecule has 0 radical (unpaired) electrons. The molecule has 0 saturated carbocycles. The van der Waals surface area contributed by atoms with Gasteiger partial charge in [-0.2, -0.15) is 0 Å². The molecule has 2 aromatic rings. The van der Waals surface area contributed by atoms with Crippen LogP contribution in [-0.4, -0.2) is 39.4 Å². The normalized spacial score (nSPS) is 13.4. The topological polar surface area (TPSA) is 92.3 Å². The number of imide groups is 1. The maximum Gasteiger partial charge on any atom is 0.261 e. The number of carbonyl (C=O) groups excluding carboxylic acids is 3. The van der Waals surface area contributed by atoms with E-state index in [4.69, 9.17) is 0 Å². The Labute approximate surface area is 161 Å². The molecule has 0 spiro atoms. The number of rotatable bonds is 7. The van der Waals surface area contributed by atoms with Crippen molar-refractivity contribution >= 4 is 34.2 Å². The summed E-state index contributed by atoms with van der Waals surface area (Å²) in [7, 11) is 0. The van der Waals surface area contributed by atoms with Crippen LogP contribution >= 0.6 is 11.3 Å². The number of amides is 3. The van der Waals surface area contributed by atoms with Crippen molar-refractivity contribution in [3.05, 3.63) is 39.9 Å². The Hall–Kier alpha value is -2.61. The van der Waals surface area contributed by atoms with Gasteiger partial charge in [0.15, 0.2) is 0 Å². The van der Waals surface area contributed by atoms with Crippen molar-refractivity contribution in [1.29, 1.82) is 0 Å². The van der Waals surface area contributed by atoms with Crippen LogP contribution in [0.3, 0.4) is 0 Å². The van der Waals surface area contributed by atoms with Gasteiger partial charge in [0.1, 0.15) is 5.01 Å². The van der Waals surface area contributed by atoms with Crippen LogP contribution in [0, 0.1) is 6.92 Å². The Morgan fingerprint density at radius 2 is 1.85 bits per heavy atom. The molecule has 0 aliphatic carbocycles. The zero-order valence-electron chi connectivity index (χ0n) is 15.6. The molecule has 1 aromatic heterocycles. The smallest absolute Gasteiger partial charge is 0.261 e. The molecule has 1 N–H and O–H groups in total. The Kier molecular flexibility index (Phi) is 5.65. The van der Waals surface area contributed by atoms with Crippen LogP contribution in [0.5, 0.6) is 0 Å². The predicted octanol–water partition coefficient (Wildman–Crippen LogP) is 3.37. The van der Waals surface area contributed by atoms with E-state index in [1.807, 2.05) is 6.92 Å². The first-order valence-corrected chi connectivity index (χ1v) is 9.86. The quantitative estimate of drug-likeness (QED) is 0.737. The summed E-state index contributed by atoms with van der Waals surface area (Å²) < 4.78 is 0. The van der Waals surface area contributed by atoms with E-state index in [1.165, 1.54) is 11.3 Å². The molecule has 2 heterocycles. The number of aryl methyl sites for hydroxylation is 1. The van der Waals surface area contributed by atoms with Crippen LogP contribution in [0.15, 0.2) is 18.2 Å². The van der Waals surface area contributed by atoms with Gasteiger partial charge in [0.05, 0.1) is 11.1 Å². The summed E-state index contributed by atoms with van der Waals surface area (Å²) in [5.74, 6) is -0.655. The van der Waals surface area contributed by atoms with Crippen molar-refractivity contribution in [2.24, 2.45) is 0 Å². The molecule has 3 rings (SSSR count). The Morgan fingerprint density at radius 3 is 2.56 bits per heavy atom. The molecule has 8 heteroatoms. The Bertz CT molecular complexity index is 889. The number of nitrogens with one attached hydrogen (secondary N) is 1. The summed E-state index contributed by atoms with van der Waals surface area (Å²) in [5.41, 5.74) is 1.71. The minimum absolute atomic E-state index is 0.0182. The lowest BCUT2D eigenvalue weighted by Crippen LogP contribution is -2.32. The van der Waals surface area contributed by atoms with E-state index in [2.05, 4.69) is 29.4 Å². The second kappa shape index (κ2) is 7.96. The van der Waals surface area contributed by atoms with Crippen molar-refractivity contribution in [2.75, 3.05) is 11.9 Å². The van der Waals surface area contributed by atoms with Crippen molar-refractivity contribution in [3.63, 3.8) is 0 Å². The van der Waals surface area contributed by atoms with Gasteiger partial charge in [0.25, 0.3) is 11.8 Å². The van der Waals surface area contributed by atoms with Crippen LogP contribution < -0.4 is 5.32 Å². The third kappa shape index (κ3) is 3.90. The lowest BCUT2D eigenvalue weighted by molar-refractivity contribution is -0.116. The van der Waals surface area contributed by atoms with Gasteiger partial charge in [0.2, 0.25) is 11.0 Å². The van der Waals surface area contributed by atoms with Crippen LogP contribution in [0.2, 0.25) is 0 Å². The van der Waals surface area contributed by atoms with Crippen molar-refractivity contribution in [2.45, 2.75) is 46.0 Å². The van der Waals surface area contributed by atoms with E-state index in [1.54, 1.807) is 18.2 Å². The largest absolute Gasteiger partial charge is 0.300 e. The number of hydrogen-bond donors (Lipinski definition) is 1. The molecule has 1 aliphatic rings. The Balaban J connectivity index is 1.59. The maximum atomic E-state index is 12.4. The first kappa shape index (κ1) is 19.2. The summed E-state index contributed by atoms with van der Waals surface area (Å²) >= 11 is 1.37. The van der Waals surface area contributed by atoms with E-state index >= 15 is 0 Å². The summed E-state index contributed by atoms with van der Waals surface area (Å²) in [6.45, 7) is 6.09. The van der Waals surface area contributed by atoms with Crippen molar-refractivity contribution in [1.82, 2.24) is 15.1 Å². The van der Waals surface area contributed by atoms with E-state index in [-0.39, 0.29) is 30.7 Å². The lowest BCUT2D eigenvalue weighted by Gasteiger charge is -2.12. The molecule has 3 amide bonds. The maximum absolute atomic E-state index is 12.4. The average Bonchev–Trinajstić information content (AvgIpc) is 3.18. The number of benzene rings is 1. The molecular weight excluding hydrogens is 364 g/mol. The van der Waals surface area contributed by atoms with Gasteiger partial charge in [-0.1, -0.05) is 36.8 Å². The SMILES string of the molecule is CCC(CC)c1nnc(NC(=O)CCN2C(=O)c3ccc(C)cc3C2=O)s1. The van der Waals surface area contributed by atoms with E-state index < -0.39 is 0 Å². The predicted molar refractivity (Wildman–Crippen MR) is 103 cm³/mol. The second-order valence-electron chi connectivity index (χ2n) is 6.57. The molecule has 1 aromatic carbocycles. The molecule has 0 unspecified atom stereocenters. The first-order valence-electron chi connectivity index (χ1n) is 9.04. The molecule has 0 saturated heterocycles. The van der Waals surface area contributed by atoms with Crippen LogP contribution in [0.4, 0.5) is 5.13 Å². The number of nitrogens with zero attached hydrogens (tertiary/aromatic N) is 3. The summed E-state index contributed by atoms with van der Waals surface area (Å²) in [4.78, 5) is 38.1. The molecule has 0 atom stereocenters. The second-order valence-corrected chi connectivity index (χ2v) is 7.58. The van der Waals surface area contributed by atoms with Gasteiger partial charge in [-0.15, -0.1) is 10.2 Å². The highest BCUT2D eigenvalue weighted by atomic mass is 32.1. The zero-order chi connectivity index (χ0) is 19.6. The molecule has 27 heavy (non-hydrogen) atoms. The third-order valence-corrected chi connectivity index (χ3v) is 5.71. The number of carbonyl (C=O) groups is 3.